The molecule has 0 saturated heterocycles. The minimum Gasteiger partial charge on any atom is -0.358 e. The summed E-state index contributed by atoms with van der Waals surface area (Å²) in [5.41, 5.74) is 0.659. The largest absolute Gasteiger partial charge is 0.358 e. The molecule has 2 rings (SSSR count). The number of aromatic nitrogens is 3. The lowest BCUT2D eigenvalue weighted by molar-refractivity contribution is -0.384. The van der Waals surface area contributed by atoms with Gasteiger partial charge in [-0.3, -0.25) is 15.1 Å². The van der Waals surface area contributed by atoms with E-state index in [1.807, 2.05) is 13.0 Å². The lowest BCUT2D eigenvalue weighted by Gasteiger charge is -2.14. The molecule has 0 bridgehead atoms. The van der Waals surface area contributed by atoms with Crippen LogP contribution in [0.2, 0.25) is 5.28 Å². The molecule has 0 saturated carbocycles. The van der Waals surface area contributed by atoms with Gasteiger partial charge >= 0.3 is 5.69 Å². The van der Waals surface area contributed by atoms with E-state index >= 15 is 0 Å². The molecule has 2 aromatic heterocycles. The lowest BCUT2D eigenvalue weighted by atomic mass is 10.1. The molecule has 0 spiro atoms. The Labute approximate surface area is 113 Å². The predicted octanol–water partition coefficient (Wildman–Crippen LogP) is 2.61. The first-order valence-corrected chi connectivity index (χ1v) is 5.79. The number of hydrogen-bond acceptors (Lipinski definition) is 6. The van der Waals surface area contributed by atoms with E-state index in [1.54, 1.807) is 18.5 Å². The molecule has 1 N–H and O–H groups in total. The van der Waals surface area contributed by atoms with Crippen LogP contribution in [-0.4, -0.2) is 19.9 Å². The SMILES string of the molecule is CC(Nc1nc(Cl)ncc1[N+](=O)[O-])c1cccnc1. The van der Waals surface area contributed by atoms with Gasteiger partial charge in [0.25, 0.3) is 0 Å². The molecule has 7 nitrogen and oxygen atoms in total. The molecule has 0 fully saturated rings. The van der Waals surface area contributed by atoms with E-state index in [0.717, 1.165) is 11.8 Å². The summed E-state index contributed by atoms with van der Waals surface area (Å²) in [7, 11) is 0. The second kappa shape index (κ2) is 5.57. The van der Waals surface area contributed by atoms with Crippen LogP contribution in [0.1, 0.15) is 18.5 Å². The Balaban J connectivity index is 2.28. The first kappa shape index (κ1) is 13.2. The number of halogens is 1. The van der Waals surface area contributed by atoms with Gasteiger partial charge in [0.15, 0.2) is 0 Å². The fourth-order valence-corrected chi connectivity index (χ4v) is 1.65. The van der Waals surface area contributed by atoms with Crippen molar-refractivity contribution in [3.63, 3.8) is 0 Å². The third-order valence-electron chi connectivity index (χ3n) is 2.47. The van der Waals surface area contributed by atoms with Gasteiger partial charge in [-0.1, -0.05) is 6.07 Å². The summed E-state index contributed by atoms with van der Waals surface area (Å²) in [6.07, 6.45) is 4.40. The Bertz CT molecular complexity index is 593. The number of nitro groups is 1. The highest BCUT2D eigenvalue weighted by atomic mass is 35.5. The molecule has 2 aromatic rings. The maximum Gasteiger partial charge on any atom is 0.329 e. The van der Waals surface area contributed by atoms with Crippen molar-refractivity contribution in [3.8, 4) is 0 Å². The second-order valence-corrected chi connectivity index (χ2v) is 4.12. The fraction of sp³-hybridized carbons (Fsp3) is 0.182. The van der Waals surface area contributed by atoms with Crippen molar-refractivity contribution >= 4 is 23.1 Å². The van der Waals surface area contributed by atoms with Crippen molar-refractivity contribution in [2.75, 3.05) is 5.32 Å². The molecular formula is C11H10ClN5O2. The highest BCUT2D eigenvalue weighted by Crippen LogP contribution is 2.26. The quantitative estimate of drug-likeness (QED) is 0.525. The third-order valence-corrected chi connectivity index (χ3v) is 2.66. The van der Waals surface area contributed by atoms with Crippen molar-refractivity contribution in [1.82, 2.24) is 15.0 Å². The summed E-state index contributed by atoms with van der Waals surface area (Å²) < 4.78 is 0. The van der Waals surface area contributed by atoms with Crippen LogP contribution in [0, 0.1) is 10.1 Å². The molecule has 1 atom stereocenters. The topological polar surface area (TPSA) is 93.8 Å². The van der Waals surface area contributed by atoms with Crippen molar-refractivity contribution in [2.24, 2.45) is 0 Å². The first-order chi connectivity index (χ1) is 9.08. The van der Waals surface area contributed by atoms with Crippen LogP contribution >= 0.6 is 11.6 Å². The molecule has 0 radical (unpaired) electrons. The number of hydrogen-bond donors (Lipinski definition) is 1. The Morgan fingerprint density at radius 2 is 2.26 bits per heavy atom. The normalized spacial score (nSPS) is 11.9. The summed E-state index contributed by atoms with van der Waals surface area (Å²) in [5.74, 6) is 0.0846. The molecule has 0 aliphatic rings. The number of rotatable bonds is 4. The highest BCUT2D eigenvalue weighted by Gasteiger charge is 2.19. The van der Waals surface area contributed by atoms with E-state index in [2.05, 4.69) is 20.3 Å². The summed E-state index contributed by atoms with van der Waals surface area (Å²) in [5, 5.41) is 13.8. The van der Waals surface area contributed by atoms with Gasteiger partial charge in [0.1, 0.15) is 6.20 Å². The van der Waals surface area contributed by atoms with Crippen LogP contribution in [0.3, 0.4) is 0 Å². The Hall–Kier alpha value is -2.28. The van der Waals surface area contributed by atoms with E-state index in [0.29, 0.717) is 0 Å². The van der Waals surface area contributed by atoms with Crippen molar-refractivity contribution in [1.29, 1.82) is 0 Å². The molecule has 0 aliphatic heterocycles. The van der Waals surface area contributed by atoms with Gasteiger partial charge in [-0.15, -0.1) is 0 Å². The Morgan fingerprint density at radius 1 is 1.47 bits per heavy atom. The average Bonchev–Trinajstić information content (AvgIpc) is 2.39. The fourth-order valence-electron chi connectivity index (χ4n) is 1.51. The number of nitrogens with zero attached hydrogens (tertiary/aromatic N) is 4. The zero-order valence-corrected chi connectivity index (χ0v) is 10.7. The summed E-state index contributed by atoms with van der Waals surface area (Å²) >= 11 is 5.65. The molecular weight excluding hydrogens is 270 g/mol. The van der Waals surface area contributed by atoms with E-state index in [-0.39, 0.29) is 22.8 Å². The zero-order chi connectivity index (χ0) is 13.8. The first-order valence-electron chi connectivity index (χ1n) is 5.41. The molecule has 1 unspecified atom stereocenters. The molecule has 2 heterocycles. The molecule has 19 heavy (non-hydrogen) atoms. The van der Waals surface area contributed by atoms with Gasteiger partial charge in [-0.2, -0.15) is 4.98 Å². The van der Waals surface area contributed by atoms with E-state index < -0.39 is 4.92 Å². The second-order valence-electron chi connectivity index (χ2n) is 3.78. The van der Waals surface area contributed by atoms with Gasteiger partial charge in [0.05, 0.1) is 11.0 Å². The van der Waals surface area contributed by atoms with E-state index in [1.165, 1.54) is 0 Å². The number of anilines is 1. The monoisotopic (exact) mass is 279 g/mol. The summed E-state index contributed by atoms with van der Waals surface area (Å²) in [6, 6.07) is 3.45. The van der Waals surface area contributed by atoms with Gasteiger partial charge in [0, 0.05) is 12.4 Å². The molecule has 0 aliphatic carbocycles. The van der Waals surface area contributed by atoms with Crippen molar-refractivity contribution < 1.29 is 4.92 Å². The average molecular weight is 280 g/mol. The lowest BCUT2D eigenvalue weighted by Crippen LogP contribution is -2.10. The minimum atomic E-state index is -0.561. The van der Waals surface area contributed by atoms with Crippen LogP contribution in [0.25, 0.3) is 0 Å². The van der Waals surface area contributed by atoms with Gasteiger partial charge in [-0.05, 0) is 30.2 Å². The summed E-state index contributed by atoms with van der Waals surface area (Å²) in [4.78, 5) is 21.8. The third kappa shape index (κ3) is 3.14. The smallest absolute Gasteiger partial charge is 0.329 e. The highest BCUT2D eigenvalue weighted by molar-refractivity contribution is 6.28. The zero-order valence-electron chi connectivity index (χ0n) is 9.95. The predicted molar refractivity (Wildman–Crippen MR) is 70.0 cm³/mol. The number of pyridine rings is 1. The van der Waals surface area contributed by atoms with Gasteiger partial charge < -0.3 is 5.32 Å². The maximum atomic E-state index is 10.9. The van der Waals surface area contributed by atoms with Gasteiger partial charge in [0.2, 0.25) is 11.1 Å². The van der Waals surface area contributed by atoms with Crippen LogP contribution in [0.5, 0.6) is 0 Å². The van der Waals surface area contributed by atoms with Crippen LogP contribution < -0.4 is 5.32 Å². The molecule has 98 valence electrons. The van der Waals surface area contributed by atoms with E-state index in [4.69, 9.17) is 11.6 Å². The van der Waals surface area contributed by atoms with Crippen LogP contribution in [0.15, 0.2) is 30.7 Å². The number of nitrogens with one attached hydrogen (secondary N) is 1. The molecule has 0 aromatic carbocycles. The van der Waals surface area contributed by atoms with E-state index in [9.17, 15) is 10.1 Å². The minimum absolute atomic E-state index is 0.0495. The Kier molecular flexibility index (Phi) is 3.86. The molecule has 0 amide bonds. The van der Waals surface area contributed by atoms with Gasteiger partial charge in [-0.25, -0.2) is 4.98 Å². The Morgan fingerprint density at radius 3 is 2.89 bits per heavy atom. The van der Waals surface area contributed by atoms with Crippen LogP contribution in [0.4, 0.5) is 11.5 Å². The summed E-state index contributed by atoms with van der Waals surface area (Å²) in [6.45, 7) is 1.84. The molecule has 8 heteroatoms. The van der Waals surface area contributed by atoms with Crippen molar-refractivity contribution in [2.45, 2.75) is 13.0 Å². The standard InChI is InChI=1S/C11H10ClN5O2/c1-7(8-3-2-4-13-5-8)15-10-9(17(18)19)6-14-11(12)16-10/h2-7H,1H3,(H,14,15,16). The maximum absolute atomic E-state index is 10.9. The van der Waals surface area contributed by atoms with Crippen molar-refractivity contribution in [3.05, 3.63) is 51.7 Å². The van der Waals surface area contributed by atoms with Crippen LogP contribution in [-0.2, 0) is 0 Å².